The van der Waals surface area contributed by atoms with Gasteiger partial charge in [-0.15, -0.1) is 11.6 Å². The molecule has 1 aromatic rings. The first-order chi connectivity index (χ1) is 7.63. The van der Waals surface area contributed by atoms with Crippen LogP contribution in [0.25, 0.3) is 0 Å². The molecule has 0 spiro atoms. The number of hydrogen-bond acceptors (Lipinski definition) is 2. The molecule has 0 radical (unpaired) electrons. The van der Waals surface area contributed by atoms with Crippen LogP contribution in [0.1, 0.15) is 24.2 Å². The van der Waals surface area contributed by atoms with Crippen LogP contribution in [-0.2, 0) is 11.3 Å². The number of alkyl halides is 1. The molecule has 4 nitrogen and oxygen atoms in total. The topological polar surface area (TPSA) is 46.9 Å². The van der Waals surface area contributed by atoms with E-state index in [1.807, 2.05) is 24.6 Å². The van der Waals surface area contributed by atoms with E-state index in [4.69, 9.17) is 11.6 Å². The van der Waals surface area contributed by atoms with E-state index in [9.17, 15) is 4.79 Å². The molecule has 0 saturated carbocycles. The van der Waals surface area contributed by atoms with Crippen molar-refractivity contribution in [1.82, 2.24) is 15.1 Å². The molecule has 1 rings (SSSR count). The molecule has 90 valence electrons. The number of aryl methyl sites for hydroxylation is 2. The predicted molar refractivity (Wildman–Crippen MR) is 64.7 cm³/mol. The summed E-state index contributed by atoms with van der Waals surface area (Å²) in [5.74, 6) is 0.590. The van der Waals surface area contributed by atoms with Gasteiger partial charge in [-0.2, -0.15) is 5.10 Å². The molecule has 1 heterocycles. The molecule has 0 bridgehead atoms. The van der Waals surface area contributed by atoms with Gasteiger partial charge in [0.2, 0.25) is 5.91 Å². The summed E-state index contributed by atoms with van der Waals surface area (Å²) in [5.41, 5.74) is 2.12. The van der Waals surface area contributed by atoms with Crippen molar-refractivity contribution in [3.8, 4) is 0 Å². The number of nitrogens with zero attached hydrogens (tertiary/aromatic N) is 2. The summed E-state index contributed by atoms with van der Waals surface area (Å²) in [7, 11) is 0. The maximum absolute atomic E-state index is 11.3. The van der Waals surface area contributed by atoms with E-state index in [2.05, 4.69) is 10.4 Å². The van der Waals surface area contributed by atoms with Crippen molar-refractivity contribution in [2.24, 2.45) is 0 Å². The molecule has 0 aliphatic carbocycles. The molecule has 5 heteroatoms. The summed E-state index contributed by atoms with van der Waals surface area (Å²) in [5, 5.41) is 7.16. The molecule has 0 saturated heterocycles. The lowest BCUT2D eigenvalue weighted by molar-refractivity contribution is -0.121. The molecule has 1 N–H and O–H groups in total. The molecule has 0 atom stereocenters. The number of amides is 1. The third-order valence-corrected chi connectivity index (χ3v) is 2.55. The Morgan fingerprint density at radius 2 is 2.31 bits per heavy atom. The van der Waals surface area contributed by atoms with E-state index in [1.54, 1.807) is 0 Å². The number of rotatable bonds is 6. The zero-order valence-corrected chi connectivity index (χ0v) is 10.5. The third kappa shape index (κ3) is 4.23. The van der Waals surface area contributed by atoms with Gasteiger partial charge >= 0.3 is 0 Å². The summed E-state index contributed by atoms with van der Waals surface area (Å²) >= 11 is 5.50. The van der Waals surface area contributed by atoms with Gasteiger partial charge in [-0.3, -0.25) is 9.48 Å². The van der Waals surface area contributed by atoms with Crippen molar-refractivity contribution >= 4 is 17.5 Å². The van der Waals surface area contributed by atoms with Gasteiger partial charge in [-0.1, -0.05) is 0 Å². The highest BCUT2D eigenvalue weighted by molar-refractivity contribution is 6.17. The van der Waals surface area contributed by atoms with Crippen LogP contribution < -0.4 is 5.32 Å². The number of nitrogens with one attached hydrogen (secondary N) is 1. The Morgan fingerprint density at radius 3 is 2.88 bits per heavy atom. The summed E-state index contributed by atoms with van der Waals surface area (Å²) in [6, 6.07) is 2.02. The standard InChI is InChI=1S/C11H18ClN3O/c1-9-8-10(2)15(14-9)7-6-13-11(16)4-3-5-12/h8H,3-7H2,1-2H3,(H,13,16). The van der Waals surface area contributed by atoms with Gasteiger partial charge in [-0.05, 0) is 26.3 Å². The van der Waals surface area contributed by atoms with Crippen LogP contribution in [0.4, 0.5) is 0 Å². The summed E-state index contributed by atoms with van der Waals surface area (Å²) < 4.78 is 1.90. The van der Waals surface area contributed by atoms with Crippen molar-refractivity contribution in [2.75, 3.05) is 12.4 Å². The Kier molecular flexibility index (Phi) is 5.32. The monoisotopic (exact) mass is 243 g/mol. The normalized spacial score (nSPS) is 10.4. The predicted octanol–water partition coefficient (Wildman–Crippen LogP) is 1.64. The zero-order chi connectivity index (χ0) is 12.0. The molecule has 0 aromatic carbocycles. The highest BCUT2D eigenvalue weighted by Crippen LogP contribution is 2.00. The number of carbonyl (C=O) groups excluding carboxylic acids is 1. The van der Waals surface area contributed by atoms with E-state index in [0.717, 1.165) is 17.8 Å². The lowest BCUT2D eigenvalue weighted by Gasteiger charge is -2.06. The van der Waals surface area contributed by atoms with E-state index in [-0.39, 0.29) is 5.91 Å². The van der Waals surface area contributed by atoms with Gasteiger partial charge in [0.15, 0.2) is 0 Å². The Balaban J connectivity index is 2.25. The Labute approximate surface area is 101 Å². The largest absolute Gasteiger partial charge is 0.354 e. The van der Waals surface area contributed by atoms with Crippen LogP contribution >= 0.6 is 11.6 Å². The van der Waals surface area contributed by atoms with Gasteiger partial charge in [0, 0.05) is 24.5 Å². The van der Waals surface area contributed by atoms with Crippen molar-refractivity contribution < 1.29 is 4.79 Å². The number of carbonyl (C=O) groups is 1. The number of hydrogen-bond donors (Lipinski definition) is 1. The molecule has 0 fully saturated rings. The van der Waals surface area contributed by atoms with Crippen LogP contribution in [0.5, 0.6) is 0 Å². The van der Waals surface area contributed by atoms with Crippen molar-refractivity contribution in [3.63, 3.8) is 0 Å². The molecule has 0 aliphatic heterocycles. The first kappa shape index (κ1) is 13.0. The molecule has 16 heavy (non-hydrogen) atoms. The van der Waals surface area contributed by atoms with Gasteiger partial charge in [0.05, 0.1) is 12.2 Å². The minimum absolute atomic E-state index is 0.0576. The second-order valence-electron chi connectivity index (χ2n) is 3.79. The highest BCUT2D eigenvalue weighted by atomic mass is 35.5. The molecule has 1 amide bonds. The molecule has 1 aromatic heterocycles. The fourth-order valence-electron chi connectivity index (χ4n) is 1.52. The van der Waals surface area contributed by atoms with Crippen LogP contribution in [0.3, 0.4) is 0 Å². The fraction of sp³-hybridized carbons (Fsp3) is 0.636. The lowest BCUT2D eigenvalue weighted by atomic mass is 10.3. The fourth-order valence-corrected chi connectivity index (χ4v) is 1.65. The zero-order valence-electron chi connectivity index (χ0n) is 9.79. The van der Waals surface area contributed by atoms with Crippen LogP contribution in [0, 0.1) is 13.8 Å². The maximum atomic E-state index is 11.3. The first-order valence-corrected chi connectivity index (χ1v) is 6.00. The number of halogens is 1. The lowest BCUT2D eigenvalue weighted by Crippen LogP contribution is -2.27. The van der Waals surface area contributed by atoms with Crippen LogP contribution in [0.2, 0.25) is 0 Å². The van der Waals surface area contributed by atoms with E-state index in [0.29, 0.717) is 25.4 Å². The average Bonchev–Trinajstić information content (AvgIpc) is 2.55. The average molecular weight is 244 g/mol. The van der Waals surface area contributed by atoms with Gasteiger partial charge < -0.3 is 5.32 Å². The first-order valence-electron chi connectivity index (χ1n) is 5.47. The summed E-state index contributed by atoms with van der Waals surface area (Å²) in [6.07, 6.45) is 1.23. The van der Waals surface area contributed by atoms with Crippen LogP contribution in [-0.4, -0.2) is 28.1 Å². The second kappa shape index (κ2) is 6.53. The van der Waals surface area contributed by atoms with E-state index in [1.165, 1.54) is 0 Å². The summed E-state index contributed by atoms with van der Waals surface area (Å²) in [4.78, 5) is 11.3. The Bertz CT molecular complexity index is 349. The molecule has 0 unspecified atom stereocenters. The second-order valence-corrected chi connectivity index (χ2v) is 4.17. The van der Waals surface area contributed by atoms with Gasteiger partial charge in [0.1, 0.15) is 0 Å². The van der Waals surface area contributed by atoms with Crippen molar-refractivity contribution in [3.05, 3.63) is 17.5 Å². The number of aromatic nitrogens is 2. The van der Waals surface area contributed by atoms with Crippen molar-refractivity contribution in [1.29, 1.82) is 0 Å². The van der Waals surface area contributed by atoms with Gasteiger partial charge in [0.25, 0.3) is 0 Å². The Hall–Kier alpha value is -1.03. The van der Waals surface area contributed by atoms with Gasteiger partial charge in [-0.25, -0.2) is 0 Å². The minimum atomic E-state index is 0.0576. The highest BCUT2D eigenvalue weighted by Gasteiger charge is 2.02. The maximum Gasteiger partial charge on any atom is 0.220 e. The van der Waals surface area contributed by atoms with Crippen molar-refractivity contribution in [2.45, 2.75) is 33.2 Å². The molecular weight excluding hydrogens is 226 g/mol. The quantitative estimate of drug-likeness (QED) is 0.772. The molecular formula is C11H18ClN3O. The smallest absolute Gasteiger partial charge is 0.220 e. The van der Waals surface area contributed by atoms with Crippen LogP contribution in [0.15, 0.2) is 6.07 Å². The summed E-state index contributed by atoms with van der Waals surface area (Å²) in [6.45, 7) is 5.30. The molecule has 0 aliphatic rings. The third-order valence-electron chi connectivity index (χ3n) is 2.29. The van der Waals surface area contributed by atoms with E-state index < -0.39 is 0 Å². The minimum Gasteiger partial charge on any atom is -0.354 e. The SMILES string of the molecule is Cc1cc(C)n(CCNC(=O)CCCCl)n1. The van der Waals surface area contributed by atoms with E-state index >= 15 is 0 Å². The Morgan fingerprint density at radius 1 is 1.56 bits per heavy atom.